The van der Waals surface area contributed by atoms with Crippen LogP contribution in [-0.4, -0.2) is 87.9 Å². The number of carboxylic acid groups (broad SMARTS) is 2. The Kier molecular flexibility index (Phi) is 13.9. The minimum atomic E-state index is -1.78. The zero-order valence-corrected chi connectivity index (χ0v) is 19.3. The van der Waals surface area contributed by atoms with Crippen molar-refractivity contribution in [3.8, 4) is 0 Å². The molecule has 34 heavy (non-hydrogen) atoms. The van der Waals surface area contributed by atoms with E-state index < -0.39 is 78.5 Å². The van der Waals surface area contributed by atoms with Gasteiger partial charge in [0.05, 0.1) is 18.9 Å². The van der Waals surface area contributed by atoms with Crippen molar-refractivity contribution in [1.82, 2.24) is 16.0 Å². The number of carboxylic acids is 2. The summed E-state index contributed by atoms with van der Waals surface area (Å²) in [6, 6.07) is -5.95. The molecule has 0 aromatic carbocycles. The van der Waals surface area contributed by atoms with Crippen molar-refractivity contribution in [2.24, 2.45) is 17.2 Å². The van der Waals surface area contributed by atoms with E-state index in [1.807, 2.05) is 5.32 Å². The van der Waals surface area contributed by atoms with Gasteiger partial charge in [0.2, 0.25) is 29.5 Å². The number of carbonyl (C=O) groups is 7. The Labute approximate surface area is 198 Å². The summed E-state index contributed by atoms with van der Waals surface area (Å²) in [5.74, 6) is -7.36. The highest BCUT2D eigenvalue weighted by Gasteiger charge is 2.32. The van der Waals surface area contributed by atoms with Crippen LogP contribution >= 0.6 is 11.8 Å². The summed E-state index contributed by atoms with van der Waals surface area (Å²) < 4.78 is 0. The number of nitrogens with one attached hydrogen (secondary N) is 3. The molecule has 0 aliphatic rings. The molecule has 0 aliphatic carbocycles. The number of rotatable bonds is 17. The van der Waals surface area contributed by atoms with Crippen LogP contribution in [0.15, 0.2) is 0 Å². The quantitative estimate of drug-likeness (QED) is 0.0947. The molecular formula is C18H30N6O9S. The maximum atomic E-state index is 12.7. The lowest BCUT2D eigenvalue weighted by Crippen LogP contribution is -2.58. The van der Waals surface area contributed by atoms with Crippen LogP contribution in [0.3, 0.4) is 0 Å². The number of aliphatic carboxylic acids is 2. The standard InChI is InChI=1S/C18H30N6O9S/c1-34-5-4-8(19)15(29)23-10(6-13(21)26)16(30)24-11(7-14(27)28)17(31)22-9(18(32)33)2-3-12(20)25/h8-11H,2-7,19H2,1H3,(H2,20,25)(H2,21,26)(H,22,31)(H,23,29)(H,24,30)(H,27,28)(H,32,33). The molecule has 0 fully saturated rings. The third-order valence-corrected chi connectivity index (χ3v) is 4.96. The van der Waals surface area contributed by atoms with E-state index in [0.717, 1.165) is 0 Å². The van der Waals surface area contributed by atoms with Gasteiger partial charge >= 0.3 is 11.9 Å². The van der Waals surface area contributed by atoms with Gasteiger partial charge < -0.3 is 43.4 Å². The second kappa shape index (κ2) is 15.4. The van der Waals surface area contributed by atoms with Crippen molar-refractivity contribution in [1.29, 1.82) is 0 Å². The Morgan fingerprint density at radius 1 is 0.765 bits per heavy atom. The molecule has 0 bridgehead atoms. The zero-order chi connectivity index (χ0) is 26.4. The fourth-order valence-electron chi connectivity index (χ4n) is 2.54. The molecule has 16 heteroatoms. The molecule has 4 atom stereocenters. The molecule has 0 rings (SSSR count). The van der Waals surface area contributed by atoms with Crippen molar-refractivity contribution in [3.05, 3.63) is 0 Å². The first-order valence-corrected chi connectivity index (χ1v) is 11.3. The van der Waals surface area contributed by atoms with Gasteiger partial charge in [-0.3, -0.25) is 28.8 Å². The Morgan fingerprint density at radius 3 is 1.71 bits per heavy atom. The molecule has 4 unspecified atom stereocenters. The largest absolute Gasteiger partial charge is 0.481 e. The fourth-order valence-corrected chi connectivity index (χ4v) is 3.03. The van der Waals surface area contributed by atoms with E-state index >= 15 is 0 Å². The Morgan fingerprint density at radius 2 is 1.26 bits per heavy atom. The van der Waals surface area contributed by atoms with Gasteiger partial charge in [0.15, 0.2) is 0 Å². The van der Waals surface area contributed by atoms with Gasteiger partial charge in [0, 0.05) is 6.42 Å². The summed E-state index contributed by atoms with van der Waals surface area (Å²) in [6.45, 7) is 0. The smallest absolute Gasteiger partial charge is 0.326 e. The van der Waals surface area contributed by atoms with Crippen molar-refractivity contribution < 1.29 is 43.8 Å². The van der Waals surface area contributed by atoms with E-state index in [-0.39, 0.29) is 19.3 Å². The lowest BCUT2D eigenvalue weighted by molar-refractivity contribution is -0.144. The summed E-state index contributed by atoms with van der Waals surface area (Å²) in [5.41, 5.74) is 15.8. The van der Waals surface area contributed by atoms with E-state index in [9.17, 15) is 38.7 Å². The summed E-state index contributed by atoms with van der Waals surface area (Å²) in [5, 5.41) is 24.6. The summed E-state index contributed by atoms with van der Waals surface area (Å²) in [7, 11) is 0. The maximum absolute atomic E-state index is 12.7. The normalized spacial score (nSPS) is 14.1. The predicted octanol–water partition coefficient (Wildman–Crippen LogP) is -3.78. The first kappa shape index (κ1) is 30.6. The van der Waals surface area contributed by atoms with E-state index in [0.29, 0.717) is 5.75 Å². The minimum absolute atomic E-state index is 0.268. The molecule has 0 saturated heterocycles. The van der Waals surface area contributed by atoms with Crippen LogP contribution < -0.4 is 33.2 Å². The number of hydrogen-bond acceptors (Lipinski definition) is 9. The van der Waals surface area contributed by atoms with Crippen molar-refractivity contribution in [2.45, 2.75) is 56.3 Å². The molecule has 5 amide bonds. The van der Waals surface area contributed by atoms with Crippen LogP contribution in [0.25, 0.3) is 0 Å². The van der Waals surface area contributed by atoms with Crippen LogP contribution in [0.2, 0.25) is 0 Å². The van der Waals surface area contributed by atoms with E-state index in [2.05, 4.69) is 10.6 Å². The van der Waals surface area contributed by atoms with Crippen molar-refractivity contribution in [2.75, 3.05) is 12.0 Å². The van der Waals surface area contributed by atoms with E-state index in [1.54, 1.807) is 6.26 Å². The molecule has 0 spiro atoms. The molecule has 0 heterocycles. The molecule has 0 aromatic rings. The second-order valence-electron chi connectivity index (χ2n) is 7.18. The average molecular weight is 507 g/mol. The van der Waals surface area contributed by atoms with Gasteiger partial charge in [-0.2, -0.15) is 11.8 Å². The fraction of sp³-hybridized carbons (Fsp3) is 0.611. The maximum Gasteiger partial charge on any atom is 0.326 e. The lowest BCUT2D eigenvalue weighted by Gasteiger charge is -2.24. The predicted molar refractivity (Wildman–Crippen MR) is 119 cm³/mol. The van der Waals surface area contributed by atoms with Crippen molar-refractivity contribution in [3.63, 3.8) is 0 Å². The first-order chi connectivity index (χ1) is 15.8. The van der Waals surface area contributed by atoms with Gasteiger partial charge in [-0.1, -0.05) is 0 Å². The number of amides is 5. The summed E-state index contributed by atoms with van der Waals surface area (Å²) >= 11 is 1.43. The molecule has 0 aliphatic heterocycles. The highest BCUT2D eigenvalue weighted by atomic mass is 32.2. The van der Waals surface area contributed by atoms with Crippen LogP contribution in [0.1, 0.15) is 32.1 Å². The molecule has 15 nitrogen and oxygen atoms in total. The summed E-state index contributed by atoms with van der Waals surface area (Å²) in [4.78, 5) is 82.1. The number of thioether (sulfide) groups is 1. The number of hydrogen-bond donors (Lipinski definition) is 8. The van der Waals surface area contributed by atoms with Crippen molar-refractivity contribution >= 4 is 53.2 Å². The average Bonchev–Trinajstić information content (AvgIpc) is 2.72. The highest BCUT2D eigenvalue weighted by Crippen LogP contribution is 2.04. The number of nitrogens with two attached hydrogens (primary N) is 3. The van der Waals surface area contributed by atoms with Crippen LogP contribution in [0.4, 0.5) is 0 Å². The molecule has 192 valence electrons. The lowest BCUT2D eigenvalue weighted by atomic mass is 10.1. The molecule has 11 N–H and O–H groups in total. The Balaban J connectivity index is 5.50. The van der Waals surface area contributed by atoms with Gasteiger partial charge in [-0.25, -0.2) is 4.79 Å². The Bertz CT molecular complexity index is 794. The number of primary amides is 2. The highest BCUT2D eigenvalue weighted by molar-refractivity contribution is 7.98. The van der Waals surface area contributed by atoms with E-state index in [1.165, 1.54) is 11.8 Å². The monoisotopic (exact) mass is 506 g/mol. The minimum Gasteiger partial charge on any atom is -0.481 e. The first-order valence-electron chi connectivity index (χ1n) is 9.95. The SMILES string of the molecule is CSCCC(N)C(=O)NC(CC(N)=O)C(=O)NC(CC(=O)O)C(=O)NC(CCC(N)=O)C(=O)O. The van der Waals surface area contributed by atoms with Gasteiger partial charge in [-0.05, 0) is 24.9 Å². The third-order valence-electron chi connectivity index (χ3n) is 4.31. The molecule has 0 saturated carbocycles. The van der Waals surface area contributed by atoms with Crippen LogP contribution in [0, 0.1) is 0 Å². The summed E-state index contributed by atoms with van der Waals surface area (Å²) in [6.07, 6.45) is -0.321. The number of carbonyl (C=O) groups excluding carboxylic acids is 5. The zero-order valence-electron chi connectivity index (χ0n) is 18.4. The van der Waals surface area contributed by atoms with Crippen LogP contribution in [0.5, 0.6) is 0 Å². The topological polar surface area (TPSA) is 274 Å². The van der Waals surface area contributed by atoms with Crippen LogP contribution in [-0.2, 0) is 33.6 Å². The van der Waals surface area contributed by atoms with Gasteiger partial charge in [-0.15, -0.1) is 0 Å². The Hall–Kier alpha value is -3.40. The molecule has 0 aromatic heterocycles. The molecule has 0 radical (unpaired) electrons. The van der Waals surface area contributed by atoms with Gasteiger partial charge in [0.25, 0.3) is 0 Å². The second-order valence-corrected chi connectivity index (χ2v) is 8.17. The molecular weight excluding hydrogens is 476 g/mol. The van der Waals surface area contributed by atoms with E-state index in [4.69, 9.17) is 22.3 Å². The third kappa shape index (κ3) is 12.6. The van der Waals surface area contributed by atoms with Gasteiger partial charge in [0.1, 0.15) is 18.1 Å².